The van der Waals surface area contributed by atoms with Gasteiger partial charge in [-0.05, 0) is 43.9 Å². The number of cyclic esters (lactones) is 1. The molecule has 0 aromatic carbocycles. The zero-order chi connectivity index (χ0) is 20.1. The van der Waals surface area contributed by atoms with Gasteiger partial charge in [0.2, 0.25) is 0 Å². The molecule has 1 rings (SSSR count). The molecule has 0 aromatic rings. The van der Waals surface area contributed by atoms with E-state index in [1.165, 1.54) is 5.57 Å². The zero-order valence-corrected chi connectivity index (χ0v) is 17.2. The Hall–Kier alpha value is -1.12. The van der Waals surface area contributed by atoms with Crippen LogP contribution in [0.5, 0.6) is 0 Å². The van der Waals surface area contributed by atoms with Gasteiger partial charge in [0.1, 0.15) is 5.78 Å². The lowest BCUT2D eigenvalue weighted by Crippen LogP contribution is -2.39. The fourth-order valence-electron chi connectivity index (χ4n) is 3.57. The van der Waals surface area contributed by atoms with E-state index in [0.717, 1.165) is 19.3 Å². The van der Waals surface area contributed by atoms with E-state index in [0.29, 0.717) is 18.3 Å². The third kappa shape index (κ3) is 6.27. The van der Waals surface area contributed by atoms with E-state index in [2.05, 4.69) is 20.8 Å². The Bertz CT molecular complexity index is 523. The molecule has 0 spiro atoms. The van der Waals surface area contributed by atoms with E-state index < -0.39 is 12.0 Å². The van der Waals surface area contributed by atoms with Crippen LogP contribution in [0.3, 0.4) is 0 Å². The van der Waals surface area contributed by atoms with Crippen molar-refractivity contribution >= 4 is 11.8 Å². The molecule has 144 valence electrons. The summed E-state index contributed by atoms with van der Waals surface area (Å²) in [5.74, 6) is 0.482. The first-order valence-electron chi connectivity index (χ1n) is 10.4. The van der Waals surface area contributed by atoms with Gasteiger partial charge in [-0.25, -0.2) is 0 Å². The van der Waals surface area contributed by atoms with Gasteiger partial charge in [-0.2, -0.15) is 0 Å². The number of ketones is 1. The molecule has 3 heteroatoms. The number of carbonyl (C=O) groups is 2. The predicted molar refractivity (Wildman–Crippen MR) is 103 cm³/mol. The number of Topliss-reactive ketones (excluding diaryl/α,β-unsaturated/α-hetero) is 1. The maximum absolute atomic E-state index is 13.2. The largest absolute Gasteiger partial charge is 0.465 e. The maximum atomic E-state index is 13.2. The van der Waals surface area contributed by atoms with E-state index in [4.69, 9.17) is 6.11 Å². The Morgan fingerprint density at radius 1 is 1.20 bits per heavy atom. The summed E-state index contributed by atoms with van der Waals surface area (Å²) in [5.41, 5.74) is 0.654. The average molecular weight is 352 g/mol. The van der Waals surface area contributed by atoms with E-state index in [1.807, 2.05) is 33.8 Å². The monoisotopic (exact) mass is 351 g/mol. The summed E-state index contributed by atoms with van der Waals surface area (Å²) in [5, 5.41) is 0. The molecule has 0 amide bonds. The molecule has 0 aromatic heterocycles. The van der Waals surface area contributed by atoms with Crippen molar-refractivity contribution in [3.8, 4) is 0 Å². The highest BCUT2D eigenvalue weighted by Crippen LogP contribution is 2.37. The van der Waals surface area contributed by atoms with E-state index in [-0.39, 0.29) is 30.0 Å². The summed E-state index contributed by atoms with van der Waals surface area (Å²) in [6.45, 7) is 13.5. The molecule has 1 unspecified atom stereocenters. The maximum Gasteiger partial charge on any atom is 0.306 e. The number of carbonyl (C=O) groups excluding carboxylic acids is 2. The van der Waals surface area contributed by atoms with Crippen LogP contribution in [-0.2, 0) is 14.3 Å². The number of hydrogen-bond acceptors (Lipinski definition) is 3. The summed E-state index contributed by atoms with van der Waals surface area (Å²) in [6.07, 6.45) is 5.79. The second-order valence-corrected chi connectivity index (χ2v) is 8.65. The van der Waals surface area contributed by atoms with E-state index >= 15 is 0 Å². The van der Waals surface area contributed by atoms with Crippen molar-refractivity contribution in [2.24, 2.45) is 29.1 Å². The molecule has 0 fully saturated rings. The predicted octanol–water partition coefficient (Wildman–Crippen LogP) is 5.58. The van der Waals surface area contributed by atoms with Crippen molar-refractivity contribution in [2.75, 3.05) is 6.58 Å². The summed E-state index contributed by atoms with van der Waals surface area (Å²) >= 11 is 0. The third-order valence-electron chi connectivity index (χ3n) is 6.45. The minimum Gasteiger partial charge on any atom is -0.465 e. The van der Waals surface area contributed by atoms with Crippen LogP contribution in [0.25, 0.3) is 0 Å². The lowest BCUT2D eigenvalue weighted by Gasteiger charge is -2.35. The minimum atomic E-state index is -0.866. The number of rotatable bonds is 0. The molecule has 3 nitrogen and oxygen atoms in total. The fraction of sp³-hybridized carbons (Fsp3) is 0.818. The first-order chi connectivity index (χ1) is 12.0. The fourth-order valence-corrected chi connectivity index (χ4v) is 3.57. The number of allylic oxidation sites excluding steroid dienone is 1. The third-order valence-corrected chi connectivity index (χ3v) is 6.45. The van der Waals surface area contributed by atoms with E-state index in [1.54, 1.807) is 0 Å². The van der Waals surface area contributed by atoms with Gasteiger partial charge < -0.3 is 4.74 Å². The Labute approximate surface area is 156 Å². The van der Waals surface area contributed by atoms with Crippen molar-refractivity contribution in [2.45, 2.75) is 80.6 Å². The van der Waals surface area contributed by atoms with Crippen LogP contribution in [0.4, 0.5) is 0 Å². The molecule has 1 aliphatic heterocycles. The van der Waals surface area contributed by atoms with Crippen LogP contribution in [0.15, 0.2) is 11.6 Å². The Morgan fingerprint density at radius 3 is 2.48 bits per heavy atom. The molecule has 1 aliphatic rings. The number of hydrogen-bond donors (Lipinski definition) is 0. The van der Waals surface area contributed by atoms with Crippen LogP contribution in [0.2, 0.25) is 0 Å². The standard InChI is InChI=1S/C22H38O3/c1-15-10-8-12-16(2)18(4)19(5)21(24)22(6,7)17(3)14-20(23)25-13-9-11-15/h11,16-19H,8-10,12-14H2,1-7H3/b15-11-/t16-,17+,18+,19-/m1/s1/i13D/t13?,16-,17+,18+,19-. The van der Waals surface area contributed by atoms with Gasteiger partial charge in [-0.3, -0.25) is 9.59 Å². The van der Waals surface area contributed by atoms with Crippen molar-refractivity contribution in [3.05, 3.63) is 11.6 Å². The van der Waals surface area contributed by atoms with Crippen LogP contribution in [-0.4, -0.2) is 18.3 Å². The second kappa shape index (κ2) is 9.54. The molecule has 0 saturated heterocycles. The van der Waals surface area contributed by atoms with Crippen molar-refractivity contribution in [1.82, 2.24) is 0 Å². The first kappa shape index (κ1) is 20.2. The zero-order valence-electron chi connectivity index (χ0n) is 18.2. The highest BCUT2D eigenvalue weighted by Gasteiger charge is 2.39. The first-order valence-corrected chi connectivity index (χ1v) is 9.78. The van der Waals surface area contributed by atoms with Gasteiger partial charge in [-0.15, -0.1) is 0 Å². The highest BCUT2D eigenvalue weighted by atomic mass is 16.5. The van der Waals surface area contributed by atoms with Crippen molar-refractivity contribution in [1.29, 1.82) is 0 Å². The van der Waals surface area contributed by atoms with Gasteiger partial charge in [0.05, 0.1) is 7.95 Å². The smallest absolute Gasteiger partial charge is 0.306 e. The Morgan fingerprint density at radius 2 is 1.84 bits per heavy atom. The molecule has 0 bridgehead atoms. The van der Waals surface area contributed by atoms with Crippen molar-refractivity contribution < 1.29 is 15.7 Å². The molecule has 0 saturated carbocycles. The van der Waals surface area contributed by atoms with Gasteiger partial charge in [0.15, 0.2) is 0 Å². The Balaban J connectivity index is 3.03. The van der Waals surface area contributed by atoms with Gasteiger partial charge in [-0.1, -0.05) is 59.6 Å². The molecule has 0 N–H and O–H groups in total. The lowest BCUT2D eigenvalue weighted by atomic mass is 9.67. The van der Waals surface area contributed by atoms with Gasteiger partial charge >= 0.3 is 5.97 Å². The lowest BCUT2D eigenvalue weighted by molar-refractivity contribution is -0.147. The molecule has 1 heterocycles. The molecule has 0 aliphatic carbocycles. The number of ether oxygens (including phenoxy) is 1. The van der Waals surface area contributed by atoms with Crippen LogP contribution >= 0.6 is 0 Å². The summed E-state index contributed by atoms with van der Waals surface area (Å²) < 4.78 is 13.2. The second-order valence-electron chi connectivity index (χ2n) is 8.65. The van der Waals surface area contributed by atoms with Crippen LogP contribution < -0.4 is 0 Å². The van der Waals surface area contributed by atoms with E-state index in [9.17, 15) is 9.59 Å². The summed E-state index contributed by atoms with van der Waals surface area (Å²) in [6, 6.07) is 0. The molecule has 25 heavy (non-hydrogen) atoms. The van der Waals surface area contributed by atoms with Crippen LogP contribution in [0, 0.1) is 29.1 Å². The van der Waals surface area contributed by atoms with Gasteiger partial charge in [0, 0.05) is 17.8 Å². The van der Waals surface area contributed by atoms with Crippen LogP contribution in [0.1, 0.15) is 81.9 Å². The summed E-state index contributed by atoms with van der Waals surface area (Å²) in [4.78, 5) is 25.3. The molecular formula is C22H38O3. The highest BCUT2D eigenvalue weighted by molar-refractivity contribution is 5.87. The molecule has 5 atom stereocenters. The normalized spacial score (nSPS) is 39.1. The topological polar surface area (TPSA) is 43.4 Å². The molecular weight excluding hydrogens is 312 g/mol. The average Bonchev–Trinajstić information content (AvgIpc) is 2.56. The quantitative estimate of drug-likeness (QED) is 0.423. The molecule has 0 radical (unpaired) electrons. The summed E-state index contributed by atoms with van der Waals surface area (Å²) in [7, 11) is 0. The minimum absolute atomic E-state index is 0.0352. The van der Waals surface area contributed by atoms with Gasteiger partial charge in [0.25, 0.3) is 0 Å². The number of esters is 1. The Kier molecular flexibility index (Phi) is 7.71. The SMILES string of the molecule is [2H]C1C/C=C(/C)CCC[C@@H](C)[C@H](C)[C@@H](C)C(=O)C(C)(C)[C@@H](C)CC(=O)O1. The van der Waals surface area contributed by atoms with Crippen molar-refractivity contribution in [3.63, 3.8) is 0 Å².